The zero-order valence-corrected chi connectivity index (χ0v) is 13.9. The van der Waals surface area contributed by atoms with Crippen molar-refractivity contribution in [2.45, 2.75) is 32.6 Å². The van der Waals surface area contributed by atoms with Gasteiger partial charge in [-0.2, -0.15) is 0 Å². The lowest BCUT2D eigenvalue weighted by molar-refractivity contribution is -0.139. The van der Waals surface area contributed by atoms with Crippen LogP contribution in [0.5, 0.6) is 5.75 Å². The molecule has 3 nitrogen and oxygen atoms in total. The highest BCUT2D eigenvalue weighted by Gasteiger charge is 2.26. The molecule has 1 saturated carbocycles. The topological polar surface area (TPSA) is 46.5 Å². The highest BCUT2D eigenvalue weighted by Crippen LogP contribution is 2.39. The number of hydrogen-bond acceptors (Lipinski definition) is 2. The zero-order chi connectivity index (χ0) is 14.9. The van der Waals surface area contributed by atoms with E-state index in [2.05, 4.69) is 15.9 Å². The van der Waals surface area contributed by atoms with Crippen molar-refractivity contribution in [3.8, 4) is 5.75 Å². The molecule has 1 atom stereocenters. The summed E-state index contributed by atoms with van der Waals surface area (Å²) in [6.45, 7) is 4.44. The summed E-state index contributed by atoms with van der Waals surface area (Å²) in [5.41, 5.74) is 0.697. The average molecular weight is 362 g/mol. The van der Waals surface area contributed by atoms with Crippen LogP contribution in [0.1, 0.15) is 38.2 Å². The molecule has 1 N–H and O–H groups in total. The largest absolute Gasteiger partial charge is 0.491 e. The van der Waals surface area contributed by atoms with Crippen LogP contribution in [0.15, 0.2) is 16.6 Å². The van der Waals surface area contributed by atoms with Gasteiger partial charge in [0.1, 0.15) is 0 Å². The van der Waals surface area contributed by atoms with Crippen LogP contribution < -0.4 is 4.74 Å². The van der Waals surface area contributed by atoms with Crippen LogP contribution in [-0.2, 0) is 4.79 Å². The number of benzene rings is 1. The summed E-state index contributed by atoms with van der Waals surface area (Å²) in [6.07, 6.45) is 2.42. The number of carboxylic acid groups (broad SMARTS) is 1. The van der Waals surface area contributed by atoms with Crippen molar-refractivity contribution in [3.63, 3.8) is 0 Å². The van der Waals surface area contributed by atoms with E-state index in [0.29, 0.717) is 33.3 Å². The van der Waals surface area contributed by atoms with E-state index in [-0.39, 0.29) is 5.92 Å². The fraction of sp³-hybridized carbons (Fsp3) is 0.533. The monoisotopic (exact) mass is 360 g/mol. The lowest BCUT2D eigenvalue weighted by Gasteiger charge is -2.19. The molecule has 0 saturated heterocycles. The summed E-state index contributed by atoms with van der Waals surface area (Å²) in [6, 6.07) is 3.50. The van der Waals surface area contributed by atoms with E-state index in [0.717, 1.165) is 0 Å². The Hall–Kier alpha value is -0.740. The second-order valence-corrected chi connectivity index (χ2v) is 6.89. The van der Waals surface area contributed by atoms with Gasteiger partial charge in [-0.1, -0.05) is 25.4 Å². The summed E-state index contributed by atoms with van der Waals surface area (Å²) in [5.74, 6) is -0.167. The standard InChI is InChI=1S/C15H18BrClO3/c1-8(2)13(15(18)19)10-5-11(16)14(12(17)6-10)20-7-9-3-4-9/h5-6,8-9,13H,3-4,7H2,1-2H3,(H,18,19). The molecule has 0 aliphatic heterocycles. The maximum Gasteiger partial charge on any atom is 0.311 e. The Morgan fingerprint density at radius 1 is 1.50 bits per heavy atom. The predicted octanol–water partition coefficient (Wildman–Crippen LogP) is 4.72. The Bertz CT molecular complexity index is 489. The maximum absolute atomic E-state index is 11.4. The molecule has 110 valence electrons. The SMILES string of the molecule is CC(C)C(C(=O)O)c1cc(Cl)c(OCC2CC2)c(Br)c1. The molecule has 1 unspecified atom stereocenters. The lowest BCUT2D eigenvalue weighted by Crippen LogP contribution is -2.17. The van der Waals surface area contributed by atoms with Gasteiger partial charge in [0.25, 0.3) is 0 Å². The van der Waals surface area contributed by atoms with Gasteiger partial charge in [-0.25, -0.2) is 0 Å². The van der Waals surface area contributed by atoms with Gasteiger partial charge >= 0.3 is 5.97 Å². The third-order valence-corrected chi connectivity index (χ3v) is 4.34. The van der Waals surface area contributed by atoms with Crippen LogP contribution in [0.2, 0.25) is 5.02 Å². The van der Waals surface area contributed by atoms with E-state index < -0.39 is 11.9 Å². The first-order valence-electron chi connectivity index (χ1n) is 6.74. The summed E-state index contributed by atoms with van der Waals surface area (Å²) in [5, 5.41) is 9.80. The molecule has 1 aromatic carbocycles. The van der Waals surface area contributed by atoms with Crippen molar-refractivity contribution >= 4 is 33.5 Å². The molecular formula is C15H18BrClO3. The van der Waals surface area contributed by atoms with Gasteiger partial charge in [-0.15, -0.1) is 0 Å². The Balaban J connectivity index is 2.25. The Kier molecular flexibility index (Phi) is 4.97. The fourth-order valence-corrected chi connectivity index (χ4v) is 3.18. The highest BCUT2D eigenvalue weighted by atomic mass is 79.9. The molecule has 1 aliphatic rings. The number of halogens is 2. The van der Waals surface area contributed by atoms with Crippen molar-refractivity contribution in [2.24, 2.45) is 11.8 Å². The van der Waals surface area contributed by atoms with Gasteiger partial charge in [0.2, 0.25) is 0 Å². The number of carbonyl (C=O) groups is 1. The molecule has 0 amide bonds. The number of carboxylic acids is 1. The zero-order valence-electron chi connectivity index (χ0n) is 11.5. The van der Waals surface area contributed by atoms with Crippen LogP contribution in [0.4, 0.5) is 0 Å². The Morgan fingerprint density at radius 3 is 2.60 bits per heavy atom. The molecule has 5 heteroatoms. The molecule has 20 heavy (non-hydrogen) atoms. The van der Waals surface area contributed by atoms with E-state index >= 15 is 0 Å². The molecule has 0 radical (unpaired) electrons. The minimum absolute atomic E-state index is 0.00583. The maximum atomic E-state index is 11.4. The van der Waals surface area contributed by atoms with Gasteiger partial charge in [0, 0.05) is 0 Å². The lowest BCUT2D eigenvalue weighted by atomic mass is 9.88. The minimum atomic E-state index is -0.838. The molecule has 0 spiro atoms. The Labute approximate surface area is 132 Å². The van der Waals surface area contributed by atoms with E-state index in [1.165, 1.54) is 12.8 Å². The van der Waals surface area contributed by atoms with Crippen molar-refractivity contribution in [1.29, 1.82) is 0 Å². The summed E-state index contributed by atoms with van der Waals surface area (Å²) in [7, 11) is 0. The molecule has 1 fully saturated rings. The van der Waals surface area contributed by atoms with Crippen LogP contribution in [-0.4, -0.2) is 17.7 Å². The quantitative estimate of drug-likeness (QED) is 0.797. The number of ether oxygens (including phenoxy) is 1. The number of rotatable bonds is 6. The molecule has 0 aromatic heterocycles. The van der Waals surface area contributed by atoms with Crippen molar-refractivity contribution in [3.05, 3.63) is 27.2 Å². The molecule has 0 bridgehead atoms. The summed E-state index contributed by atoms with van der Waals surface area (Å²) < 4.78 is 6.44. The summed E-state index contributed by atoms with van der Waals surface area (Å²) in [4.78, 5) is 11.4. The van der Waals surface area contributed by atoms with Crippen LogP contribution in [0, 0.1) is 11.8 Å². The third kappa shape index (κ3) is 3.67. The van der Waals surface area contributed by atoms with Crippen LogP contribution >= 0.6 is 27.5 Å². The normalized spacial score (nSPS) is 16.2. The number of hydrogen-bond donors (Lipinski definition) is 1. The van der Waals surface area contributed by atoms with Gasteiger partial charge in [-0.05, 0) is 58.3 Å². The van der Waals surface area contributed by atoms with Gasteiger partial charge in [0.05, 0.1) is 22.0 Å². The van der Waals surface area contributed by atoms with E-state index in [4.69, 9.17) is 16.3 Å². The van der Waals surface area contributed by atoms with Gasteiger partial charge in [0.15, 0.2) is 5.75 Å². The molecule has 1 aliphatic carbocycles. The first-order chi connectivity index (χ1) is 9.40. The third-order valence-electron chi connectivity index (χ3n) is 3.47. The van der Waals surface area contributed by atoms with Crippen LogP contribution in [0.25, 0.3) is 0 Å². The van der Waals surface area contributed by atoms with E-state index in [1.54, 1.807) is 12.1 Å². The first kappa shape index (κ1) is 15.6. The predicted molar refractivity (Wildman–Crippen MR) is 82.6 cm³/mol. The molecule has 0 heterocycles. The first-order valence-corrected chi connectivity index (χ1v) is 7.91. The second-order valence-electron chi connectivity index (χ2n) is 5.63. The highest BCUT2D eigenvalue weighted by molar-refractivity contribution is 9.10. The van der Waals surface area contributed by atoms with Crippen LogP contribution in [0.3, 0.4) is 0 Å². The average Bonchev–Trinajstić information content (AvgIpc) is 3.10. The molecule has 2 rings (SSSR count). The van der Waals surface area contributed by atoms with Crippen molar-refractivity contribution < 1.29 is 14.6 Å². The van der Waals surface area contributed by atoms with E-state index in [9.17, 15) is 9.90 Å². The van der Waals surface area contributed by atoms with Gasteiger partial charge < -0.3 is 9.84 Å². The fourth-order valence-electron chi connectivity index (χ4n) is 2.20. The van der Waals surface area contributed by atoms with Gasteiger partial charge in [-0.3, -0.25) is 4.79 Å². The smallest absolute Gasteiger partial charge is 0.311 e. The Morgan fingerprint density at radius 2 is 2.15 bits per heavy atom. The second kappa shape index (κ2) is 6.35. The van der Waals surface area contributed by atoms with Crippen molar-refractivity contribution in [2.75, 3.05) is 6.61 Å². The van der Waals surface area contributed by atoms with E-state index in [1.807, 2.05) is 13.8 Å². The molecular weight excluding hydrogens is 344 g/mol. The minimum Gasteiger partial charge on any atom is -0.491 e. The molecule has 1 aromatic rings. The number of aliphatic carboxylic acids is 1. The van der Waals surface area contributed by atoms with Crippen molar-refractivity contribution in [1.82, 2.24) is 0 Å². The summed E-state index contributed by atoms with van der Waals surface area (Å²) >= 11 is 9.68.